The van der Waals surface area contributed by atoms with Gasteiger partial charge in [0.25, 0.3) is 0 Å². The zero-order valence-electron chi connectivity index (χ0n) is 7.36. The molecule has 0 unspecified atom stereocenters. The topological polar surface area (TPSA) is 21.7 Å². The zero-order valence-corrected chi connectivity index (χ0v) is 8.25. The van der Waals surface area contributed by atoms with E-state index >= 15 is 0 Å². The Hall–Kier alpha value is -1.03. The van der Waals surface area contributed by atoms with E-state index in [9.17, 15) is 0 Å². The van der Waals surface area contributed by atoms with E-state index in [1.165, 1.54) is 0 Å². The molecule has 0 N–H and O–H groups in total. The van der Waals surface area contributed by atoms with Gasteiger partial charge in [0.2, 0.25) is 6.79 Å². The Morgan fingerprint density at radius 2 is 2.15 bits per heavy atom. The van der Waals surface area contributed by atoms with E-state index in [4.69, 9.17) is 9.47 Å². The van der Waals surface area contributed by atoms with Crippen molar-refractivity contribution in [1.82, 2.24) is 0 Å². The quantitative estimate of drug-likeness (QED) is 0.576. The van der Waals surface area contributed by atoms with Crippen LogP contribution in [-0.4, -0.2) is 19.7 Å². The molecule has 13 heavy (non-hydrogen) atoms. The summed E-state index contributed by atoms with van der Waals surface area (Å²) < 4.78 is 10.5. The minimum absolute atomic E-state index is 0.323. The van der Waals surface area contributed by atoms with Crippen LogP contribution in [0.3, 0.4) is 0 Å². The van der Waals surface area contributed by atoms with Gasteiger partial charge in [-0.3, -0.25) is 0 Å². The molecule has 0 saturated carbocycles. The van der Waals surface area contributed by atoms with Gasteiger partial charge in [0.1, 0.15) is 0 Å². The Kier molecular flexibility index (Phi) is 2.22. The molecule has 1 heterocycles. The summed E-state index contributed by atoms with van der Waals surface area (Å²) in [4.78, 5) is 2.02. The van der Waals surface area contributed by atoms with Gasteiger partial charge in [0, 0.05) is 18.8 Å². The minimum atomic E-state index is 0.323. The van der Waals surface area contributed by atoms with Crippen LogP contribution in [0, 0.1) is 0 Å². The zero-order chi connectivity index (χ0) is 9.26. The first kappa shape index (κ1) is 8.56. The number of fused-ring (bicyclic) bond motifs is 1. The lowest BCUT2D eigenvalue weighted by Gasteiger charge is -2.15. The van der Waals surface area contributed by atoms with Crippen LogP contribution in [0.2, 0.25) is 0 Å². The minimum Gasteiger partial charge on any atom is -0.454 e. The van der Waals surface area contributed by atoms with Crippen LogP contribution in [0.4, 0.5) is 5.69 Å². The van der Waals surface area contributed by atoms with Crippen LogP contribution in [0.5, 0.6) is 11.5 Å². The SMILES string of the molecule is CN(CS)c1ccc2c(c1)OCO2. The molecule has 1 aliphatic rings. The van der Waals surface area contributed by atoms with Gasteiger partial charge < -0.3 is 14.4 Å². The fraction of sp³-hybridized carbons (Fsp3) is 0.333. The largest absolute Gasteiger partial charge is 0.454 e. The van der Waals surface area contributed by atoms with Gasteiger partial charge in [-0.15, -0.1) is 0 Å². The number of benzene rings is 1. The molecule has 70 valence electrons. The van der Waals surface area contributed by atoms with Crippen LogP contribution in [0.25, 0.3) is 0 Å². The number of nitrogens with zero attached hydrogens (tertiary/aromatic N) is 1. The summed E-state index contributed by atoms with van der Waals surface area (Å²) in [5.74, 6) is 2.31. The van der Waals surface area contributed by atoms with Crippen molar-refractivity contribution < 1.29 is 9.47 Å². The molecule has 0 bridgehead atoms. The van der Waals surface area contributed by atoms with Gasteiger partial charge in [-0.05, 0) is 12.1 Å². The van der Waals surface area contributed by atoms with Crippen molar-refractivity contribution in [3.05, 3.63) is 18.2 Å². The van der Waals surface area contributed by atoms with Gasteiger partial charge in [-0.1, -0.05) is 0 Å². The maximum Gasteiger partial charge on any atom is 0.231 e. The monoisotopic (exact) mass is 197 g/mol. The van der Waals surface area contributed by atoms with E-state index in [1.54, 1.807) is 0 Å². The Bertz CT molecular complexity index is 316. The Labute approximate surface area is 82.7 Å². The molecule has 1 aromatic carbocycles. The maximum absolute atomic E-state index is 5.26. The van der Waals surface area contributed by atoms with Crippen LogP contribution in [0.1, 0.15) is 0 Å². The fourth-order valence-electron chi connectivity index (χ4n) is 1.20. The van der Waals surface area contributed by atoms with Crippen molar-refractivity contribution in [1.29, 1.82) is 0 Å². The number of ether oxygens (including phenoxy) is 2. The predicted molar refractivity (Wildman–Crippen MR) is 54.8 cm³/mol. The van der Waals surface area contributed by atoms with E-state index in [1.807, 2.05) is 30.1 Å². The predicted octanol–water partition coefficient (Wildman–Crippen LogP) is 1.74. The summed E-state index contributed by atoms with van der Waals surface area (Å²) in [5.41, 5.74) is 1.08. The van der Waals surface area contributed by atoms with Crippen molar-refractivity contribution in [3.8, 4) is 11.5 Å². The molecule has 4 heteroatoms. The molecule has 0 fully saturated rings. The molecule has 0 aliphatic carbocycles. The van der Waals surface area contributed by atoms with Crippen molar-refractivity contribution in [2.75, 3.05) is 24.6 Å². The molecule has 0 amide bonds. The fourth-order valence-corrected chi connectivity index (χ4v) is 1.37. The molecular formula is C9H11NO2S. The normalized spacial score (nSPS) is 13.1. The van der Waals surface area contributed by atoms with Crippen LogP contribution < -0.4 is 14.4 Å². The van der Waals surface area contributed by atoms with E-state index in [-0.39, 0.29) is 0 Å². The standard InChI is InChI=1S/C9H11NO2S/c1-10(5-13)7-2-3-8-9(4-7)12-6-11-8/h2-4,13H,5-6H2,1H3. The molecule has 2 rings (SSSR count). The van der Waals surface area contributed by atoms with Crippen molar-refractivity contribution in [2.24, 2.45) is 0 Å². The summed E-state index contributed by atoms with van der Waals surface area (Å²) in [6.45, 7) is 0.323. The first-order valence-electron chi connectivity index (χ1n) is 4.03. The Morgan fingerprint density at radius 1 is 1.38 bits per heavy atom. The average Bonchev–Trinajstić information content (AvgIpc) is 2.63. The van der Waals surface area contributed by atoms with Crippen LogP contribution >= 0.6 is 12.6 Å². The molecular weight excluding hydrogens is 186 g/mol. The molecule has 1 aromatic rings. The summed E-state index contributed by atoms with van der Waals surface area (Å²) >= 11 is 4.19. The van der Waals surface area contributed by atoms with E-state index in [0.717, 1.165) is 17.2 Å². The van der Waals surface area contributed by atoms with Crippen LogP contribution in [-0.2, 0) is 0 Å². The summed E-state index contributed by atoms with van der Waals surface area (Å²) in [7, 11) is 1.98. The number of hydrogen-bond acceptors (Lipinski definition) is 4. The third kappa shape index (κ3) is 1.54. The van der Waals surface area contributed by atoms with Gasteiger partial charge in [0.15, 0.2) is 11.5 Å². The third-order valence-corrected chi connectivity index (χ3v) is 2.43. The van der Waals surface area contributed by atoms with E-state index < -0.39 is 0 Å². The highest BCUT2D eigenvalue weighted by molar-refractivity contribution is 7.80. The van der Waals surface area contributed by atoms with Gasteiger partial charge >= 0.3 is 0 Å². The highest BCUT2D eigenvalue weighted by atomic mass is 32.1. The smallest absolute Gasteiger partial charge is 0.231 e. The van der Waals surface area contributed by atoms with E-state index in [0.29, 0.717) is 12.7 Å². The highest BCUT2D eigenvalue weighted by Gasteiger charge is 2.13. The second-order valence-corrected chi connectivity index (χ2v) is 3.16. The molecule has 0 atom stereocenters. The first-order valence-corrected chi connectivity index (χ1v) is 4.66. The lowest BCUT2D eigenvalue weighted by Crippen LogP contribution is -2.13. The van der Waals surface area contributed by atoms with Crippen LogP contribution in [0.15, 0.2) is 18.2 Å². The van der Waals surface area contributed by atoms with E-state index in [2.05, 4.69) is 12.6 Å². The van der Waals surface area contributed by atoms with Gasteiger partial charge in [-0.25, -0.2) is 0 Å². The second kappa shape index (κ2) is 3.38. The Morgan fingerprint density at radius 3 is 2.92 bits per heavy atom. The lowest BCUT2D eigenvalue weighted by atomic mass is 10.2. The van der Waals surface area contributed by atoms with Gasteiger partial charge in [-0.2, -0.15) is 12.6 Å². The summed E-state index contributed by atoms with van der Waals surface area (Å²) in [6, 6.07) is 5.86. The number of anilines is 1. The average molecular weight is 197 g/mol. The Balaban J connectivity index is 2.30. The molecule has 3 nitrogen and oxygen atoms in total. The first-order chi connectivity index (χ1) is 6.31. The molecule has 0 radical (unpaired) electrons. The summed E-state index contributed by atoms with van der Waals surface area (Å²) in [5, 5.41) is 0. The molecule has 0 aromatic heterocycles. The van der Waals surface area contributed by atoms with Crippen molar-refractivity contribution in [3.63, 3.8) is 0 Å². The third-order valence-electron chi connectivity index (χ3n) is 2.01. The molecule has 1 aliphatic heterocycles. The molecule has 0 saturated heterocycles. The maximum atomic E-state index is 5.26. The lowest BCUT2D eigenvalue weighted by molar-refractivity contribution is 0.174. The van der Waals surface area contributed by atoms with Crippen molar-refractivity contribution in [2.45, 2.75) is 0 Å². The number of rotatable bonds is 2. The molecule has 0 spiro atoms. The number of thiol groups is 1. The van der Waals surface area contributed by atoms with Gasteiger partial charge in [0.05, 0.1) is 5.88 Å². The highest BCUT2D eigenvalue weighted by Crippen LogP contribution is 2.35. The second-order valence-electron chi connectivity index (χ2n) is 2.88. The van der Waals surface area contributed by atoms with Crippen molar-refractivity contribution >= 4 is 18.3 Å². The summed E-state index contributed by atoms with van der Waals surface area (Å²) in [6.07, 6.45) is 0. The number of hydrogen-bond donors (Lipinski definition) is 1.